The van der Waals surface area contributed by atoms with Crippen molar-refractivity contribution >= 4 is 11.8 Å². The van der Waals surface area contributed by atoms with Crippen LogP contribution in [0.1, 0.15) is 43.1 Å². The molecule has 0 N–H and O–H groups in total. The van der Waals surface area contributed by atoms with Gasteiger partial charge in [-0.3, -0.25) is 9.59 Å². The van der Waals surface area contributed by atoms with Crippen LogP contribution in [0.25, 0.3) is 0 Å². The van der Waals surface area contributed by atoms with Gasteiger partial charge in [-0.25, -0.2) is 4.39 Å². The van der Waals surface area contributed by atoms with Crippen molar-refractivity contribution in [3.05, 3.63) is 35.1 Å². The summed E-state index contributed by atoms with van der Waals surface area (Å²) in [6, 6.07) is 4.55. The summed E-state index contributed by atoms with van der Waals surface area (Å²) in [5.41, 5.74) is 0.852. The number of hydrogen-bond acceptors (Lipinski definition) is 2. The molecule has 1 aromatic carbocycles. The lowest BCUT2D eigenvalue weighted by Gasteiger charge is -2.36. The predicted molar refractivity (Wildman–Crippen MR) is 87.7 cm³/mol. The zero-order valence-corrected chi connectivity index (χ0v) is 14.4. The average molecular weight is 320 g/mol. The maximum Gasteiger partial charge on any atom is 0.254 e. The van der Waals surface area contributed by atoms with Crippen LogP contribution in [0.4, 0.5) is 4.39 Å². The van der Waals surface area contributed by atoms with Gasteiger partial charge in [0.05, 0.1) is 0 Å². The van der Waals surface area contributed by atoms with E-state index in [2.05, 4.69) is 0 Å². The third-order valence-corrected chi connectivity index (χ3v) is 4.02. The standard InChI is InChI=1S/C18H25FN2O2/c1-13-5-6-14(11-15(13)19)17(23)21-9-7-20(8-10-21)16(22)12-18(2,3)4/h5-6,11H,7-10,12H2,1-4H3. The topological polar surface area (TPSA) is 40.6 Å². The molecule has 1 heterocycles. The van der Waals surface area contributed by atoms with Crippen LogP contribution in [0.15, 0.2) is 18.2 Å². The van der Waals surface area contributed by atoms with Gasteiger partial charge in [0.2, 0.25) is 5.91 Å². The molecule has 5 heteroatoms. The van der Waals surface area contributed by atoms with Gasteiger partial charge in [0, 0.05) is 38.2 Å². The molecular formula is C18H25FN2O2. The molecule has 0 unspecified atom stereocenters. The first-order valence-corrected chi connectivity index (χ1v) is 8.00. The van der Waals surface area contributed by atoms with Crippen LogP contribution in [0.3, 0.4) is 0 Å². The Morgan fingerprint density at radius 1 is 1.09 bits per heavy atom. The zero-order valence-electron chi connectivity index (χ0n) is 14.4. The van der Waals surface area contributed by atoms with E-state index in [1.165, 1.54) is 6.07 Å². The van der Waals surface area contributed by atoms with Crippen LogP contribution < -0.4 is 0 Å². The number of piperazine rings is 1. The van der Waals surface area contributed by atoms with E-state index in [1.54, 1.807) is 24.0 Å². The van der Waals surface area contributed by atoms with E-state index in [9.17, 15) is 14.0 Å². The highest BCUT2D eigenvalue weighted by molar-refractivity contribution is 5.94. The van der Waals surface area contributed by atoms with Crippen molar-refractivity contribution in [2.24, 2.45) is 5.41 Å². The van der Waals surface area contributed by atoms with E-state index in [0.717, 1.165) is 0 Å². The number of aryl methyl sites for hydroxylation is 1. The molecule has 23 heavy (non-hydrogen) atoms. The molecule has 4 nitrogen and oxygen atoms in total. The van der Waals surface area contributed by atoms with Crippen molar-refractivity contribution in [3.8, 4) is 0 Å². The lowest BCUT2D eigenvalue weighted by molar-refractivity contribution is -0.134. The number of amides is 2. The van der Waals surface area contributed by atoms with E-state index in [4.69, 9.17) is 0 Å². The van der Waals surface area contributed by atoms with E-state index < -0.39 is 0 Å². The number of rotatable bonds is 2. The van der Waals surface area contributed by atoms with Crippen LogP contribution in [0.2, 0.25) is 0 Å². The van der Waals surface area contributed by atoms with Gasteiger partial charge in [0.1, 0.15) is 5.82 Å². The Bertz CT molecular complexity index is 600. The summed E-state index contributed by atoms with van der Waals surface area (Å²) < 4.78 is 13.6. The highest BCUT2D eigenvalue weighted by Gasteiger charge is 2.27. The molecule has 2 rings (SSSR count). The first-order chi connectivity index (χ1) is 10.7. The smallest absolute Gasteiger partial charge is 0.254 e. The van der Waals surface area contributed by atoms with Crippen molar-refractivity contribution in [1.82, 2.24) is 9.80 Å². The number of carbonyl (C=O) groups is 2. The Morgan fingerprint density at radius 3 is 2.17 bits per heavy atom. The van der Waals surface area contributed by atoms with E-state index in [1.807, 2.05) is 25.7 Å². The fraction of sp³-hybridized carbons (Fsp3) is 0.556. The Balaban J connectivity index is 1.94. The molecule has 1 saturated heterocycles. The molecule has 0 atom stereocenters. The van der Waals surface area contributed by atoms with Crippen molar-refractivity contribution in [2.75, 3.05) is 26.2 Å². The maximum absolute atomic E-state index is 13.6. The maximum atomic E-state index is 13.6. The first kappa shape index (κ1) is 17.4. The van der Waals surface area contributed by atoms with E-state index >= 15 is 0 Å². The van der Waals surface area contributed by atoms with Gasteiger partial charge < -0.3 is 9.80 Å². The SMILES string of the molecule is Cc1ccc(C(=O)N2CCN(C(=O)CC(C)(C)C)CC2)cc1F. The summed E-state index contributed by atoms with van der Waals surface area (Å²) in [6.45, 7) is 9.84. The second-order valence-corrected chi connectivity index (χ2v) is 7.37. The molecule has 1 aromatic rings. The quantitative estimate of drug-likeness (QED) is 0.841. The van der Waals surface area contributed by atoms with Crippen LogP contribution in [-0.2, 0) is 4.79 Å². The number of carbonyl (C=O) groups excluding carboxylic acids is 2. The van der Waals surface area contributed by atoms with E-state index in [-0.39, 0.29) is 23.0 Å². The van der Waals surface area contributed by atoms with Gasteiger partial charge in [-0.15, -0.1) is 0 Å². The monoisotopic (exact) mass is 320 g/mol. The van der Waals surface area contributed by atoms with Crippen molar-refractivity contribution in [2.45, 2.75) is 34.1 Å². The van der Waals surface area contributed by atoms with Crippen LogP contribution >= 0.6 is 0 Å². The molecule has 0 saturated carbocycles. The largest absolute Gasteiger partial charge is 0.339 e. The van der Waals surface area contributed by atoms with Crippen LogP contribution in [0, 0.1) is 18.2 Å². The summed E-state index contributed by atoms with van der Waals surface area (Å²) in [4.78, 5) is 28.1. The van der Waals surface area contributed by atoms with Gasteiger partial charge in [0.25, 0.3) is 5.91 Å². The Labute approximate surface area is 137 Å². The number of benzene rings is 1. The molecule has 0 bridgehead atoms. The molecule has 1 aliphatic heterocycles. The fourth-order valence-corrected chi connectivity index (χ4v) is 2.63. The molecule has 0 aromatic heterocycles. The lowest BCUT2D eigenvalue weighted by atomic mass is 9.91. The van der Waals surface area contributed by atoms with Gasteiger partial charge in [-0.2, -0.15) is 0 Å². The van der Waals surface area contributed by atoms with Gasteiger partial charge in [-0.1, -0.05) is 26.8 Å². The van der Waals surface area contributed by atoms with Crippen molar-refractivity contribution in [1.29, 1.82) is 0 Å². The molecular weight excluding hydrogens is 295 g/mol. The molecule has 0 spiro atoms. The van der Waals surface area contributed by atoms with Gasteiger partial charge >= 0.3 is 0 Å². The third kappa shape index (κ3) is 4.53. The second kappa shape index (κ2) is 6.69. The van der Waals surface area contributed by atoms with Gasteiger partial charge in [-0.05, 0) is 30.0 Å². The normalized spacial score (nSPS) is 15.7. The van der Waals surface area contributed by atoms with Crippen molar-refractivity contribution in [3.63, 3.8) is 0 Å². The lowest BCUT2D eigenvalue weighted by Crippen LogP contribution is -2.51. The number of halogens is 1. The summed E-state index contributed by atoms with van der Waals surface area (Å²) in [6.07, 6.45) is 0.504. The van der Waals surface area contributed by atoms with Gasteiger partial charge in [0.15, 0.2) is 0 Å². The Kier molecular flexibility index (Phi) is 5.07. The summed E-state index contributed by atoms with van der Waals surface area (Å²) in [5, 5.41) is 0. The molecule has 0 radical (unpaired) electrons. The third-order valence-electron chi connectivity index (χ3n) is 4.02. The summed E-state index contributed by atoms with van der Waals surface area (Å²) >= 11 is 0. The number of nitrogens with zero attached hydrogens (tertiary/aromatic N) is 2. The fourth-order valence-electron chi connectivity index (χ4n) is 2.63. The van der Waals surface area contributed by atoms with E-state index in [0.29, 0.717) is 43.7 Å². The van der Waals surface area contributed by atoms with Crippen molar-refractivity contribution < 1.29 is 14.0 Å². The number of hydrogen-bond donors (Lipinski definition) is 0. The molecule has 0 aliphatic carbocycles. The Hall–Kier alpha value is -1.91. The second-order valence-electron chi connectivity index (χ2n) is 7.37. The highest BCUT2D eigenvalue weighted by atomic mass is 19.1. The first-order valence-electron chi connectivity index (χ1n) is 8.00. The Morgan fingerprint density at radius 2 is 1.65 bits per heavy atom. The van der Waals surface area contributed by atoms with Crippen LogP contribution in [-0.4, -0.2) is 47.8 Å². The summed E-state index contributed by atoms with van der Waals surface area (Å²) in [7, 11) is 0. The minimum absolute atomic E-state index is 0.0382. The molecule has 1 aliphatic rings. The minimum Gasteiger partial charge on any atom is -0.339 e. The molecule has 126 valence electrons. The molecule has 2 amide bonds. The average Bonchev–Trinajstić information content (AvgIpc) is 2.48. The van der Waals surface area contributed by atoms with Crippen LogP contribution in [0.5, 0.6) is 0 Å². The minimum atomic E-state index is -0.366. The highest BCUT2D eigenvalue weighted by Crippen LogP contribution is 2.21. The summed E-state index contributed by atoms with van der Waals surface area (Å²) in [5.74, 6) is -0.410. The molecule has 1 fully saturated rings. The predicted octanol–water partition coefficient (Wildman–Crippen LogP) is 2.85. The zero-order chi connectivity index (χ0) is 17.2.